The zero-order valence-electron chi connectivity index (χ0n) is 15.4. The second kappa shape index (κ2) is 7.61. The highest BCUT2D eigenvalue weighted by Gasteiger charge is 2.12. The zero-order chi connectivity index (χ0) is 19.5. The summed E-state index contributed by atoms with van der Waals surface area (Å²) >= 11 is 5.22. The first kappa shape index (κ1) is 17.9. The molecule has 7 nitrogen and oxygen atoms in total. The van der Waals surface area contributed by atoms with Crippen molar-refractivity contribution >= 4 is 18.4 Å². The topological polar surface area (TPSA) is 73.0 Å². The van der Waals surface area contributed by atoms with Gasteiger partial charge in [-0.2, -0.15) is 20.0 Å². The van der Waals surface area contributed by atoms with Crippen molar-refractivity contribution in [1.82, 2.24) is 24.7 Å². The van der Waals surface area contributed by atoms with E-state index in [-0.39, 0.29) is 0 Å². The van der Waals surface area contributed by atoms with Gasteiger partial charge in [0.05, 0.1) is 19.0 Å². The van der Waals surface area contributed by atoms with Gasteiger partial charge in [0.1, 0.15) is 17.3 Å². The van der Waals surface area contributed by atoms with Crippen molar-refractivity contribution in [3.8, 4) is 22.7 Å². The molecule has 0 aliphatic rings. The molecule has 1 N–H and O–H groups in total. The molecular formula is C20H18N6OS. The summed E-state index contributed by atoms with van der Waals surface area (Å²) in [6.07, 6.45) is 3.68. The van der Waals surface area contributed by atoms with Gasteiger partial charge in [-0.3, -0.25) is 5.10 Å². The number of benzene rings is 2. The van der Waals surface area contributed by atoms with Crippen LogP contribution in [0.5, 0.6) is 5.75 Å². The fraction of sp³-hybridized carbons (Fsp3) is 0.100. The van der Waals surface area contributed by atoms with Crippen molar-refractivity contribution < 1.29 is 4.74 Å². The number of aromatic amines is 1. The Morgan fingerprint density at radius 2 is 1.86 bits per heavy atom. The van der Waals surface area contributed by atoms with E-state index in [1.165, 1.54) is 0 Å². The van der Waals surface area contributed by atoms with Gasteiger partial charge < -0.3 is 4.74 Å². The maximum Gasteiger partial charge on any atom is 0.216 e. The van der Waals surface area contributed by atoms with Gasteiger partial charge in [-0.25, -0.2) is 4.68 Å². The molecule has 0 bridgehead atoms. The molecule has 2 heterocycles. The van der Waals surface area contributed by atoms with Crippen molar-refractivity contribution in [2.45, 2.75) is 6.92 Å². The number of hydrogen-bond acceptors (Lipinski definition) is 5. The predicted octanol–water partition coefficient (Wildman–Crippen LogP) is 3.99. The van der Waals surface area contributed by atoms with E-state index in [0.29, 0.717) is 10.6 Å². The average Bonchev–Trinajstić information content (AvgIpc) is 3.30. The molecule has 4 aromatic rings. The lowest BCUT2D eigenvalue weighted by Crippen LogP contribution is -1.94. The second-order valence-corrected chi connectivity index (χ2v) is 6.46. The number of rotatable bonds is 5. The van der Waals surface area contributed by atoms with Gasteiger partial charge in [-0.15, -0.1) is 0 Å². The lowest BCUT2D eigenvalue weighted by atomic mass is 10.1. The third-order valence-electron chi connectivity index (χ3n) is 4.25. The van der Waals surface area contributed by atoms with Crippen molar-refractivity contribution in [2.75, 3.05) is 7.11 Å². The third kappa shape index (κ3) is 3.49. The van der Waals surface area contributed by atoms with Gasteiger partial charge in [0.15, 0.2) is 0 Å². The number of aromatic nitrogens is 5. The number of H-pyrrole nitrogens is 1. The molecule has 8 heteroatoms. The Morgan fingerprint density at radius 3 is 2.50 bits per heavy atom. The Bertz CT molecular complexity index is 1170. The lowest BCUT2D eigenvalue weighted by Gasteiger charge is -2.02. The van der Waals surface area contributed by atoms with Crippen molar-refractivity contribution in [3.63, 3.8) is 0 Å². The molecule has 4 rings (SSSR count). The Kier molecular flexibility index (Phi) is 4.86. The quantitative estimate of drug-likeness (QED) is 0.413. The number of ether oxygens (including phenoxy) is 1. The highest BCUT2D eigenvalue weighted by atomic mass is 32.1. The number of aryl methyl sites for hydroxylation is 1. The minimum absolute atomic E-state index is 0.440. The number of hydrogen-bond donors (Lipinski definition) is 1. The van der Waals surface area contributed by atoms with E-state index < -0.39 is 0 Å². The van der Waals surface area contributed by atoms with Crippen LogP contribution in [0.25, 0.3) is 16.9 Å². The van der Waals surface area contributed by atoms with Gasteiger partial charge in [0, 0.05) is 17.3 Å². The maximum absolute atomic E-state index is 5.26. The first-order valence-electron chi connectivity index (χ1n) is 8.63. The summed E-state index contributed by atoms with van der Waals surface area (Å²) in [5.41, 5.74) is 3.59. The summed E-state index contributed by atoms with van der Waals surface area (Å²) in [6.45, 7) is 1.83. The van der Waals surface area contributed by atoms with E-state index in [0.717, 1.165) is 28.3 Å². The summed E-state index contributed by atoms with van der Waals surface area (Å²) in [4.78, 5) is 0. The molecule has 2 aromatic carbocycles. The van der Waals surface area contributed by atoms with Gasteiger partial charge >= 0.3 is 0 Å². The number of nitrogens with one attached hydrogen (secondary N) is 1. The Balaban J connectivity index is 1.80. The van der Waals surface area contributed by atoms with Crippen molar-refractivity contribution in [1.29, 1.82) is 0 Å². The lowest BCUT2D eigenvalue weighted by molar-refractivity contribution is 0.415. The smallest absolute Gasteiger partial charge is 0.216 e. The summed E-state index contributed by atoms with van der Waals surface area (Å²) in [5.74, 6) is 1.48. The standard InChI is InChI=1S/C20H18N6OS/c1-14-22-23-20(28)26(14)21-12-16-13-25(17-6-4-3-5-7-17)24-19(16)15-8-10-18(27-2)11-9-15/h3-13H,1-2H3,(H,23,28)/b21-12-. The van der Waals surface area contributed by atoms with E-state index in [9.17, 15) is 0 Å². The maximum atomic E-state index is 5.26. The molecule has 0 aliphatic heterocycles. The monoisotopic (exact) mass is 390 g/mol. The third-order valence-corrected chi connectivity index (χ3v) is 4.52. The molecule has 2 aromatic heterocycles. The van der Waals surface area contributed by atoms with Crippen LogP contribution in [0, 0.1) is 11.7 Å². The van der Waals surface area contributed by atoms with Crippen molar-refractivity contribution in [2.24, 2.45) is 5.10 Å². The van der Waals surface area contributed by atoms with Crippen LogP contribution >= 0.6 is 12.2 Å². The minimum Gasteiger partial charge on any atom is -0.497 e. The normalized spacial score (nSPS) is 11.2. The number of para-hydroxylation sites is 1. The van der Waals surface area contributed by atoms with Gasteiger partial charge in [0.2, 0.25) is 4.77 Å². The average molecular weight is 390 g/mol. The summed E-state index contributed by atoms with van der Waals surface area (Å²) in [6, 6.07) is 17.7. The SMILES string of the molecule is COc1ccc(-c2nn(-c3ccccc3)cc2/C=N\n2c(C)n[nH]c2=S)cc1. The minimum atomic E-state index is 0.440. The Labute approximate surface area is 166 Å². The molecule has 0 aliphatic carbocycles. The first-order valence-corrected chi connectivity index (χ1v) is 9.04. The van der Waals surface area contributed by atoms with Crippen LogP contribution in [-0.4, -0.2) is 38.0 Å². The Hall–Kier alpha value is -3.52. The molecule has 0 atom stereocenters. The van der Waals surface area contributed by atoms with Crippen LogP contribution in [0.15, 0.2) is 65.9 Å². The molecule has 0 radical (unpaired) electrons. The van der Waals surface area contributed by atoms with E-state index >= 15 is 0 Å². The molecule has 140 valence electrons. The molecule has 0 amide bonds. The molecule has 0 saturated heterocycles. The fourth-order valence-electron chi connectivity index (χ4n) is 2.79. The molecule has 0 saturated carbocycles. The molecule has 0 spiro atoms. The van der Waals surface area contributed by atoms with Crippen LogP contribution < -0.4 is 4.74 Å². The van der Waals surface area contributed by atoms with Crippen LogP contribution in [-0.2, 0) is 0 Å². The molecule has 28 heavy (non-hydrogen) atoms. The van der Waals surface area contributed by atoms with Gasteiger partial charge in [0.25, 0.3) is 0 Å². The van der Waals surface area contributed by atoms with E-state index in [2.05, 4.69) is 15.3 Å². The Morgan fingerprint density at radius 1 is 1.11 bits per heavy atom. The molecule has 0 fully saturated rings. The van der Waals surface area contributed by atoms with Crippen LogP contribution in [0.4, 0.5) is 0 Å². The largest absolute Gasteiger partial charge is 0.497 e. The fourth-order valence-corrected chi connectivity index (χ4v) is 3.02. The van der Waals surface area contributed by atoms with Crippen LogP contribution in [0.1, 0.15) is 11.4 Å². The molecule has 0 unspecified atom stereocenters. The summed E-state index contributed by atoms with van der Waals surface area (Å²) < 4.78 is 9.11. The van der Waals surface area contributed by atoms with Gasteiger partial charge in [-0.1, -0.05) is 18.2 Å². The zero-order valence-corrected chi connectivity index (χ0v) is 16.2. The van der Waals surface area contributed by atoms with E-state index in [4.69, 9.17) is 22.1 Å². The molecular weight excluding hydrogens is 372 g/mol. The second-order valence-electron chi connectivity index (χ2n) is 6.07. The van der Waals surface area contributed by atoms with Crippen LogP contribution in [0.3, 0.4) is 0 Å². The summed E-state index contributed by atoms with van der Waals surface area (Å²) in [5, 5.41) is 16.1. The highest BCUT2D eigenvalue weighted by molar-refractivity contribution is 7.71. The van der Waals surface area contributed by atoms with Gasteiger partial charge in [-0.05, 0) is 55.5 Å². The summed E-state index contributed by atoms with van der Waals surface area (Å²) in [7, 11) is 1.65. The van der Waals surface area contributed by atoms with E-state index in [1.807, 2.05) is 72.4 Å². The number of methoxy groups -OCH3 is 1. The predicted molar refractivity (Wildman–Crippen MR) is 111 cm³/mol. The number of nitrogens with zero attached hydrogens (tertiary/aromatic N) is 5. The van der Waals surface area contributed by atoms with Crippen molar-refractivity contribution in [3.05, 3.63) is 77.0 Å². The van der Waals surface area contributed by atoms with E-state index in [1.54, 1.807) is 18.0 Å². The van der Waals surface area contributed by atoms with Crippen LogP contribution in [0.2, 0.25) is 0 Å². The first-order chi connectivity index (χ1) is 13.7. The highest BCUT2D eigenvalue weighted by Crippen LogP contribution is 2.25.